The molecule has 290 valence electrons. The lowest BCUT2D eigenvalue weighted by atomic mass is 10.1. The van der Waals surface area contributed by atoms with Gasteiger partial charge in [-0.25, -0.2) is 13.5 Å². The molecular weight excluding hydrogens is 739 g/mol. The average molecular weight is 775 g/mol. The Balaban J connectivity index is 1.10. The summed E-state index contributed by atoms with van der Waals surface area (Å²) in [4.78, 5) is 35.9. The number of alkyl halides is 3. The lowest BCUT2D eigenvalue weighted by Crippen LogP contribution is -2.44. The molecule has 0 spiro atoms. The molecular formula is C40H35F5N6O5. The number of carbonyl (C=O) groups excluding carboxylic acids is 1. The number of anilines is 1. The van der Waals surface area contributed by atoms with Gasteiger partial charge in [-0.15, -0.1) is 0 Å². The van der Waals surface area contributed by atoms with Crippen LogP contribution in [0, 0.1) is 11.6 Å². The molecule has 1 aliphatic rings. The first-order valence-electron chi connectivity index (χ1n) is 17.6. The van der Waals surface area contributed by atoms with Gasteiger partial charge >= 0.3 is 6.18 Å². The minimum absolute atomic E-state index is 0.113. The van der Waals surface area contributed by atoms with E-state index in [9.17, 15) is 27.2 Å². The maximum atomic E-state index is 15.5. The molecule has 1 saturated heterocycles. The first-order chi connectivity index (χ1) is 26.9. The Kier molecular flexibility index (Phi) is 10.8. The summed E-state index contributed by atoms with van der Waals surface area (Å²) in [5.74, 6) is -1.90. The van der Waals surface area contributed by atoms with Crippen molar-refractivity contribution in [1.82, 2.24) is 24.6 Å². The lowest BCUT2D eigenvalue weighted by Gasteiger charge is -2.32. The largest absolute Gasteiger partial charge is 0.493 e. The third kappa shape index (κ3) is 8.11. The number of para-hydroxylation sites is 1. The van der Waals surface area contributed by atoms with Gasteiger partial charge in [0.25, 0.3) is 5.91 Å². The summed E-state index contributed by atoms with van der Waals surface area (Å²) in [5, 5.41) is 6.57. The number of aromatic nitrogens is 3. The molecule has 11 nitrogen and oxygen atoms in total. The van der Waals surface area contributed by atoms with Gasteiger partial charge < -0.3 is 29.3 Å². The van der Waals surface area contributed by atoms with Crippen LogP contribution >= 0.6 is 0 Å². The lowest BCUT2D eigenvalue weighted by molar-refractivity contribution is -0.137. The van der Waals surface area contributed by atoms with E-state index in [1.807, 2.05) is 0 Å². The summed E-state index contributed by atoms with van der Waals surface area (Å²) >= 11 is 0. The fourth-order valence-electron chi connectivity index (χ4n) is 6.43. The van der Waals surface area contributed by atoms with Crippen molar-refractivity contribution in [1.29, 1.82) is 0 Å². The second-order valence-electron chi connectivity index (χ2n) is 13.1. The van der Waals surface area contributed by atoms with E-state index >= 15 is 4.39 Å². The van der Waals surface area contributed by atoms with Crippen molar-refractivity contribution in [2.24, 2.45) is 0 Å². The number of benzene rings is 4. The van der Waals surface area contributed by atoms with E-state index in [1.54, 1.807) is 18.2 Å². The third-order valence-electron chi connectivity index (χ3n) is 9.37. The molecule has 1 N–H and O–H groups in total. The Bertz CT molecular complexity index is 2490. The Morgan fingerprint density at radius 2 is 1.66 bits per heavy atom. The van der Waals surface area contributed by atoms with Crippen LogP contribution in [0.3, 0.4) is 0 Å². The first-order valence-corrected chi connectivity index (χ1v) is 17.6. The highest BCUT2D eigenvalue weighted by molar-refractivity contribution is 6.04. The number of halogens is 5. The van der Waals surface area contributed by atoms with Crippen molar-refractivity contribution >= 4 is 33.4 Å². The van der Waals surface area contributed by atoms with Gasteiger partial charge in [-0.1, -0.05) is 12.1 Å². The van der Waals surface area contributed by atoms with Gasteiger partial charge in [-0.3, -0.25) is 14.6 Å². The number of rotatable bonds is 11. The maximum absolute atomic E-state index is 15.5. The van der Waals surface area contributed by atoms with Crippen molar-refractivity contribution in [3.8, 4) is 28.7 Å². The minimum atomic E-state index is -4.85. The van der Waals surface area contributed by atoms with Crippen LogP contribution in [-0.4, -0.2) is 84.0 Å². The standard InChI is InChI=1S/C40H35F5N6O5/c1-49-15-17-50(18-16-49)14-5-19-55-36-23-30-27(22-35(36)54-2)33(12-13-46-30)56-34-11-9-25(21-29(34)42)47-39(53)37-38(52)26-10-8-24(41)20-32(26)51(48-37)31-7-4-3-6-28(31)40(43,44)45/h3-4,6-13,20-23H,5,14-19H2,1-2H3,(H,47,53). The molecule has 3 heterocycles. The number of hydrogen-bond acceptors (Lipinski definition) is 9. The number of methoxy groups -OCH3 is 1. The number of nitrogens with one attached hydrogen (secondary N) is 1. The van der Waals surface area contributed by atoms with E-state index in [4.69, 9.17) is 14.2 Å². The number of fused-ring (bicyclic) bond motifs is 2. The highest BCUT2D eigenvalue weighted by Gasteiger charge is 2.34. The van der Waals surface area contributed by atoms with Gasteiger partial charge in [0.1, 0.15) is 11.6 Å². The predicted octanol–water partition coefficient (Wildman–Crippen LogP) is 7.30. The quantitative estimate of drug-likeness (QED) is 0.107. The minimum Gasteiger partial charge on any atom is -0.493 e. The number of pyridine rings is 1. The molecule has 1 fully saturated rings. The van der Waals surface area contributed by atoms with Crippen LogP contribution in [0.25, 0.3) is 27.5 Å². The normalized spacial score (nSPS) is 13.9. The van der Waals surface area contributed by atoms with Crippen molar-refractivity contribution in [2.75, 3.05) is 58.8 Å². The maximum Gasteiger partial charge on any atom is 0.418 e. The van der Waals surface area contributed by atoms with Crippen LogP contribution in [0.4, 0.5) is 27.6 Å². The number of amides is 1. The highest BCUT2D eigenvalue weighted by atomic mass is 19.4. The van der Waals surface area contributed by atoms with Crippen LogP contribution in [-0.2, 0) is 6.18 Å². The summed E-state index contributed by atoms with van der Waals surface area (Å²) in [6.07, 6.45) is -2.52. The van der Waals surface area contributed by atoms with Gasteiger partial charge in [0, 0.05) is 68.2 Å². The zero-order valence-corrected chi connectivity index (χ0v) is 30.2. The van der Waals surface area contributed by atoms with Gasteiger partial charge in [0.15, 0.2) is 28.8 Å². The van der Waals surface area contributed by atoms with E-state index in [1.165, 1.54) is 31.5 Å². The fourth-order valence-corrected chi connectivity index (χ4v) is 6.43. The van der Waals surface area contributed by atoms with Crippen molar-refractivity contribution in [3.63, 3.8) is 0 Å². The van der Waals surface area contributed by atoms with Crippen LogP contribution in [0.1, 0.15) is 22.5 Å². The molecule has 0 bridgehead atoms. The molecule has 0 atom stereocenters. The molecule has 4 aromatic carbocycles. The number of carbonyl (C=O) groups is 1. The summed E-state index contributed by atoms with van der Waals surface area (Å²) in [5.41, 5.74) is -3.35. The van der Waals surface area contributed by atoms with E-state index in [0.29, 0.717) is 33.7 Å². The molecule has 0 saturated carbocycles. The molecule has 6 aromatic rings. The topological polar surface area (TPSA) is 111 Å². The van der Waals surface area contributed by atoms with Crippen LogP contribution in [0.15, 0.2) is 89.9 Å². The Morgan fingerprint density at radius 3 is 2.41 bits per heavy atom. The third-order valence-corrected chi connectivity index (χ3v) is 9.37. The summed E-state index contributed by atoms with van der Waals surface area (Å²) in [6.45, 7) is 5.49. The van der Waals surface area contributed by atoms with E-state index in [-0.39, 0.29) is 28.1 Å². The predicted molar refractivity (Wildman–Crippen MR) is 199 cm³/mol. The van der Waals surface area contributed by atoms with Gasteiger partial charge in [-0.2, -0.15) is 18.3 Å². The van der Waals surface area contributed by atoms with Crippen LogP contribution < -0.4 is 25.0 Å². The van der Waals surface area contributed by atoms with Crippen LogP contribution in [0.2, 0.25) is 0 Å². The molecule has 1 aliphatic heterocycles. The summed E-state index contributed by atoms with van der Waals surface area (Å²) < 4.78 is 90.0. The number of hydrogen-bond donors (Lipinski definition) is 1. The SMILES string of the molecule is COc1cc2c(Oc3ccc(NC(=O)c4nn(-c5ccccc5C(F)(F)F)c5cc(F)ccc5c4=O)cc3F)ccnc2cc1OCCCN1CCN(C)CC1. The summed E-state index contributed by atoms with van der Waals surface area (Å²) in [7, 11) is 3.62. The van der Waals surface area contributed by atoms with Gasteiger partial charge in [0.2, 0.25) is 5.43 Å². The summed E-state index contributed by atoms with van der Waals surface area (Å²) in [6, 6.07) is 15.6. The van der Waals surface area contributed by atoms with Crippen molar-refractivity contribution in [3.05, 3.63) is 118 Å². The van der Waals surface area contributed by atoms with E-state index in [2.05, 4.69) is 32.2 Å². The molecule has 0 unspecified atom stereocenters. The number of ether oxygens (including phenoxy) is 3. The number of piperazine rings is 1. The smallest absolute Gasteiger partial charge is 0.418 e. The molecule has 0 radical (unpaired) electrons. The Hall–Kier alpha value is -6.13. The fraction of sp³-hybridized carbons (Fsp3) is 0.250. The first kappa shape index (κ1) is 38.2. The zero-order chi connectivity index (χ0) is 39.6. The molecule has 2 aromatic heterocycles. The Labute approximate surface area is 316 Å². The second-order valence-corrected chi connectivity index (χ2v) is 13.1. The van der Waals surface area contributed by atoms with Gasteiger partial charge in [-0.05, 0) is 62.0 Å². The molecule has 16 heteroatoms. The average Bonchev–Trinajstić information content (AvgIpc) is 3.17. The Morgan fingerprint density at radius 1 is 0.875 bits per heavy atom. The zero-order valence-electron chi connectivity index (χ0n) is 30.2. The number of nitrogens with zero attached hydrogens (tertiary/aromatic N) is 5. The van der Waals surface area contributed by atoms with Crippen molar-refractivity contribution < 1.29 is 41.0 Å². The monoisotopic (exact) mass is 774 g/mol. The molecule has 56 heavy (non-hydrogen) atoms. The van der Waals surface area contributed by atoms with E-state index in [0.717, 1.165) is 81.6 Å². The molecule has 7 rings (SSSR count). The van der Waals surface area contributed by atoms with Crippen molar-refractivity contribution in [2.45, 2.75) is 12.6 Å². The van der Waals surface area contributed by atoms with E-state index < -0.39 is 46.1 Å². The highest BCUT2D eigenvalue weighted by Crippen LogP contribution is 2.38. The molecule has 0 aliphatic carbocycles. The molecule has 1 amide bonds. The second kappa shape index (κ2) is 15.9. The number of likely N-dealkylation sites (N-methyl/N-ethyl adjacent to an activating group) is 1. The van der Waals surface area contributed by atoms with Crippen LogP contribution in [0.5, 0.6) is 23.0 Å². The van der Waals surface area contributed by atoms with Gasteiger partial charge in [0.05, 0.1) is 41.4 Å².